The summed E-state index contributed by atoms with van der Waals surface area (Å²) < 4.78 is 43.7. The van der Waals surface area contributed by atoms with Crippen molar-refractivity contribution in [2.75, 3.05) is 0 Å². The highest BCUT2D eigenvalue weighted by molar-refractivity contribution is 5.81. The fourth-order valence-electron chi connectivity index (χ4n) is 1.87. The number of carboxylic acid groups (broad SMARTS) is 1. The van der Waals surface area contributed by atoms with E-state index in [0.29, 0.717) is 5.39 Å². The lowest BCUT2D eigenvalue weighted by Gasteiger charge is -2.19. The molecule has 0 amide bonds. The van der Waals surface area contributed by atoms with Crippen LogP contribution in [0.4, 0.5) is 13.2 Å². The second-order valence-corrected chi connectivity index (χ2v) is 3.88. The molecule has 18 heavy (non-hydrogen) atoms. The van der Waals surface area contributed by atoms with Crippen LogP contribution in [0.25, 0.3) is 11.0 Å². The van der Waals surface area contributed by atoms with Gasteiger partial charge in [-0.25, -0.2) is 0 Å². The van der Waals surface area contributed by atoms with Crippen LogP contribution >= 0.6 is 0 Å². The van der Waals surface area contributed by atoms with Gasteiger partial charge in [-0.15, -0.1) is 0 Å². The maximum Gasteiger partial charge on any atom is 0.396 e. The number of fused-ring (bicyclic) bond motifs is 1. The summed E-state index contributed by atoms with van der Waals surface area (Å²) in [6.45, 7) is 0. The molecule has 96 valence electrons. The lowest BCUT2D eigenvalue weighted by Crippen LogP contribution is -2.23. The highest BCUT2D eigenvalue weighted by atomic mass is 19.4. The van der Waals surface area contributed by atoms with Crippen molar-refractivity contribution in [2.45, 2.75) is 18.5 Å². The van der Waals surface area contributed by atoms with Gasteiger partial charge < -0.3 is 9.52 Å². The molecule has 0 aliphatic rings. The van der Waals surface area contributed by atoms with Crippen LogP contribution < -0.4 is 0 Å². The number of para-hydroxylation sites is 1. The number of hydrogen-bond acceptors (Lipinski definition) is 2. The second kappa shape index (κ2) is 4.36. The molecule has 1 heterocycles. The second-order valence-electron chi connectivity index (χ2n) is 3.88. The van der Waals surface area contributed by atoms with Gasteiger partial charge in [-0.2, -0.15) is 13.2 Å². The predicted octanol–water partition coefficient (Wildman–Crippen LogP) is 3.55. The molecule has 0 spiro atoms. The Bertz CT molecular complexity index is 571. The Morgan fingerprint density at radius 3 is 2.67 bits per heavy atom. The van der Waals surface area contributed by atoms with Crippen molar-refractivity contribution >= 4 is 16.9 Å². The van der Waals surface area contributed by atoms with Gasteiger partial charge in [0.05, 0.1) is 18.6 Å². The number of benzene rings is 1. The number of aliphatic carboxylic acids is 1. The number of alkyl halides is 3. The van der Waals surface area contributed by atoms with Crippen LogP contribution in [0.5, 0.6) is 0 Å². The predicted molar refractivity (Wildman–Crippen MR) is 57.3 cm³/mol. The van der Waals surface area contributed by atoms with Gasteiger partial charge in [-0.1, -0.05) is 18.2 Å². The van der Waals surface area contributed by atoms with Crippen molar-refractivity contribution in [3.8, 4) is 0 Å². The van der Waals surface area contributed by atoms with Gasteiger partial charge in [0.15, 0.2) is 0 Å². The molecule has 1 unspecified atom stereocenters. The summed E-state index contributed by atoms with van der Waals surface area (Å²) in [4.78, 5) is 10.6. The first-order valence-electron chi connectivity index (χ1n) is 5.14. The first-order valence-corrected chi connectivity index (χ1v) is 5.14. The van der Waals surface area contributed by atoms with E-state index in [4.69, 9.17) is 9.52 Å². The topological polar surface area (TPSA) is 50.4 Å². The highest BCUT2D eigenvalue weighted by Gasteiger charge is 2.43. The first-order chi connectivity index (χ1) is 8.39. The number of carbonyl (C=O) groups is 1. The summed E-state index contributed by atoms with van der Waals surface area (Å²) >= 11 is 0. The molecule has 0 fully saturated rings. The Morgan fingerprint density at radius 1 is 1.33 bits per heavy atom. The van der Waals surface area contributed by atoms with Crippen molar-refractivity contribution in [3.63, 3.8) is 0 Å². The van der Waals surface area contributed by atoms with E-state index in [9.17, 15) is 18.0 Å². The van der Waals surface area contributed by atoms with Gasteiger partial charge in [0, 0.05) is 10.9 Å². The number of rotatable bonds is 3. The number of hydrogen-bond donors (Lipinski definition) is 1. The van der Waals surface area contributed by atoms with Gasteiger partial charge >= 0.3 is 12.1 Å². The summed E-state index contributed by atoms with van der Waals surface area (Å²) in [7, 11) is 0. The summed E-state index contributed by atoms with van der Waals surface area (Å²) in [6, 6.07) is 5.84. The number of carboxylic acids is 1. The van der Waals surface area contributed by atoms with Gasteiger partial charge in [0.2, 0.25) is 0 Å². The van der Waals surface area contributed by atoms with Crippen molar-refractivity contribution in [1.29, 1.82) is 0 Å². The zero-order valence-corrected chi connectivity index (χ0v) is 9.07. The van der Waals surface area contributed by atoms with E-state index in [1.165, 1.54) is 24.5 Å². The molecule has 1 aromatic carbocycles. The first kappa shape index (κ1) is 12.5. The zero-order valence-electron chi connectivity index (χ0n) is 9.07. The van der Waals surface area contributed by atoms with Crippen LogP contribution in [0.1, 0.15) is 17.9 Å². The normalized spacial score (nSPS) is 13.7. The fraction of sp³-hybridized carbons (Fsp3) is 0.250. The fourth-order valence-corrected chi connectivity index (χ4v) is 1.87. The average Bonchev–Trinajstić information content (AvgIpc) is 2.71. The largest absolute Gasteiger partial charge is 0.481 e. The van der Waals surface area contributed by atoms with Crippen molar-refractivity contribution in [2.24, 2.45) is 0 Å². The van der Waals surface area contributed by atoms with E-state index >= 15 is 0 Å². The molecule has 0 radical (unpaired) electrons. The lowest BCUT2D eigenvalue weighted by atomic mass is 9.94. The summed E-state index contributed by atoms with van der Waals surface area (Å²) in [6.07, 6.45) is -4.36. The molecule has 6 heteroatoms. The third-order valence-corrected chi connectivity index (χ3v) is 2.66. The van der Waals surface area contributed by atoms with Crippen LogP contribution in [-0.2, 0) is 4.79 Å². The lowest BCUT2D eigenvalue weighted by molar-refractivity contribution is -0.163. The van der Waals surface area contributed by atoms with Crippen LogP contribution in [0, 0.1) is 0 Å². The molecular formula is C12H9F3O3. The van der Waals surface area contributed by atoms with E-state index < -0.39 is 24.5 Å². The Labute approximate surface area is 99.8 Å². The summed E-state index contributed by atoms with van der Waals surface area (Å²) in [5.41, 5.74) is -0.0616. The van der Waals surface area contributed by atoms with Crippen LogP contribution in [-0.4, -0.2) is 17.3 Å². The molecule has 1 aromatic heterocycles. The van der Waals surface area contributed by atoms with Crippen molar-refractivity contribution < 1.29 is 27.5 Å². The molecule has 0 saturated carbocycles. The Kier molecular flexibility index (Phi) is 3.02. The maximum absolute atomic E-state index is 12.9. The third-order valence-electron chi connectivity index (χ3n) is 2.66. The molecule has 1 atom stereocenters. The van der Waals surface area contributed by atoms with E-state index in [2.05, 4.69) is 0 Å². The van der Waals surface area contributed by atoms with Crippen molar-refractivity contribution in [3.05, 3.63) is 36.1 Å². The van der Waals surface area contributed by atoms with Crippen LogP contribution in [0.2, 0.25) is 0 Å². The molecule has 2 aromatic rings. The molecular weight excluding hydrogens is 249 g/mol. The Balaban J connectivity index is 2.54. The van der Waals surface area contributed by atoms with E-state index in [-0.39, 0.29) is 11.1 Å². The monoisotopic (exact) mass is 258 g/mol. The Hall–Kier alpha value is -1.98. The highest BCUT2D eigenvalue weighted by Crippen LogP contribution is 2.40. The smallest absolute Gasteiger partial charge is 0.396 e. The minimum atomic E-state index is -4.63. The standard InChI is InChI=1S/C12H9F3O3/c13-12(14,15)9(6-10(16)17)8-3-1-2-7-4-5-18-11(7)8/h1-5,9H,6H2,(H,16,17). The molecule has 0 aliphatic heterocycles. The van der Waals surface area contributed by atoms with Gasteiger partial charge in [-0.05, 0) is 6.07 Å². The average molecular weight is 258 g/mol. The molecule has 1 N–H and O–H groups in total. The number of furan rings is 1. The quantitative estimate of drug-likeness (QED) is 0.915. The SMILES string of the molecule is O=C(O)CC(c1cccc2ccoc12)C(F)(F)F. The number of halogens is 3. The molecule has 2 rings (SSSR count). The van der Waals surface area contributed by atoms with E-state index in [1.807, 2.05) is 0 Å². The molecule has 3 nitrogen and oxygen atoms in total. The van der Waals surface area contributed by atoms with Crippen molar-refractivity contribution in [1.82, 2.24) is 0 Å². The molecule has 0 saturated heterocycles. The minimum absolute atomic E-state index is 0.0843. The van der Waals surface area contributed by atoms with Crippen LogP contribution in [0.15, 0.2) is 34.9 Å². The molecule has 0 bridgehead atoms. The minimum Gasteiger partial charge on any atom is -0.481 e. The maximum atomic E-state index is 12.9. The van der Waals surface area contributed by atoms with Gasteiger partial charge in [0.25, 0.3) is 0 Å². The van der Waals surface area contributed by atoms with E-state index in [0.717, 1.165) is 0 Å². The van der Waals surface area contributed by atoms with Gasteiger partial charge in [0.1, 0.15) is 5.58 Å². The van der Waals surface area contributed by atoms with Gasteiger partial charge in [-0.3, -0.25) is 4.79 Å². The molecule has 0 aliphatic carbocycles. The summed E-state index contributed by atoms with van der Waals surface area (Å²) in [5, 5.41) is 9.12. The van der Waals surface area contributed by atoms with Crippen LogP contribution in [0.3, 0.4) is 0 Å². The van der Waals surface area contributed by atoms with E-state index in [1.54, 1.807) is 6.07 Å². The zero-order chi connectivity index (χ0) is 13.3. The third kappa shape index (κ3) is 2.32. The summed E-state index contributed by atoms with van der Waals surface area (Å²) in [5.74, 6) is -3.56. The Morgan fingerprint density at radius 2 is 2.06 bits per heavy atom.